The predicted octanol–water partition coefficient (Wildman–Crippen LogP) is 3.93. The van der Waals surface area contributed by atoms with Crippen molar-refractivity contribution in [2.24, 2.45) is 0 Å². The van der Waals surface area contributed by atoms with Gasteiger partial charge >= 0.3 is 0 Å². The molecule has 0 fully saturated rings. The third kappa shape index (κ3) is 3.60. The Morgan fingerprint density at radius 2 is 2.00 bits per heavy atom. The van der Waals surface area contributed by atoms with Crippen molar-refractivity contribution in [3.05, 3.63) is 60.4 Å². The van der Waals surface area contributed by atoms with E-state index in [1.54, 1.807) is 13.3 Å². The van der Waals surface area contributed by atoms with Gasteiger partial charge in [-0.3, -0.25) is 14.5 Å². The van der Waals surface area contributed by atoms with E-state index in [2.05, 4.69) is 34.5 Å². The van der Waals surface area contributed by atoms with E-state index in [1.807, 2.05) is 41.2 Å². The molecule has 136 valence electrons. The van der Waals surface area contributed by atoms with Crippen LogP contribution in [0, 0.1) is 6.92 Å². The van der Waals surface area contributed by atoms with E-state index in [0.29, 0.717) is 18.7 Å². The van der Waals surface area contributed by atoms with Gasteiger partial charge in [0.1, 0.15) is 5.75 Å². The summed E-state index contributed by atoms with van der Waals surface area (Å²) in [6.07, 6.45) is 3.83. The highest BCUT2D eigenvalue weighted by molar-refractivity contribution is 5.93. The van der Waals surface area contributed by atoms with Gasteiger partial charge in [0, 0.05) is 23.3 Å². The number of nitrogens with zero attached hydrogens (tertiary/aromatic N) is 3. The third-order valence-corrected chi connectivity index (χ3v) is 4.52. The molecule has 4 aromatic rings. The minimum atomic E-state index is -0.0691. The van der Waals surface area contributed by atoms with Gasteiger partial charge in [-0.05, 0) is 37.3 Å². The van der Waals surface area contributed by atoms with Gasteiger partial charge in [0.2, 0.25) is 5.91 Å². The number of benzene rings is 2. The molecule has 27 heavy (non-hydrogen) atoms. The zero-order chi connectivity index (χ0) is 18.8. The van der Waals surface area contributed by atoms with E-state index >= 15 is 0 Å². The molecule has 0 aliphatic carbocycles. The number of aromatic nitrogens is 3. The molecule has 0 spiro atoms. The van der Waals surface area contributed by atoms with Gasteiger partial charge in [-0.15, -0.1) is 0 Å². The highest BCUT2D eigenvalue weighted by atomic mass is 16.5. The normalized spacial score (nSPS) is 11.0. The number of rotatable bonds is 5. The lowest BCUT2D eigenvalue weighted by atomic mass is 10.2. The monoisotopic (exact) mass is 360 g/mol. The number of hydrogen-bond acceptors (Lipinski definition) is 4. The molecule has 0 saturated carbocycles. The number of carbonyl (C=O) groups is 1. The summed E-state index contributed by atoms with van der Waals surface area (Å²) in [6.45, 7) is 2.58. The van der Waals surface area contributed by atoms with Gasteiger partial charge in [-0.2, -0.15) is 5.10 Å². The summed E-state index contributed by atoms with van der Waals surface area (Å²) >= 11 is 0. The molecule has 1 amide bonds. The quantitative estimate of drug-likeness (QED) is 0.585. The van der Waals surface area contributed by atoms with Crippen molar-refractivity contribution in [2.75, 3.05) is 12.4 Å². The number of pyridine rings is 1. The summed E-state index contributed by atoms with van der Waals surface area (Å²) in [6, 6.07) is 13.8. The van der Waals surface area contributed by atoms with Gasteiger partial charge in [-0.25, -0.2) is 0 Å². The molecule has 0 saturated heterocycles. The standard InChI is InChI=1S/C21H20N4O2/c1-14-3-6-20-16(9-14)12-23-25(20)8-7-21(26)24-17-10-15-4-5-18(27-2)11-19(15)22-13-17/h3-6,9-13H,7-8H2,1-2H3,(H,24,26). The third-order valence-electron chi connectivity index (χ3n) is 4.52. The van der Waals surface area contributed by atoms with Crippen molar-refractivity contribution in [3.63, 3.8) is 0 Å². The Morgan fingerprint density at radius 3 is 2.85 bits per heavy atom. The van der Waals surface area contributed by atoms with Gasteiger partial charge in [0.05, 0.1) is 42.8 Å². The van der Waals surface area contributed by atoms with E-state index in [9.17, 15) is 4.79 Å². The molecule has 4 rings (SSSR count). The summed E-state index contributed by atoms with van der Waals surface area (Å²) < 4.78 is 7.06. The Kier molecular flexibility index (Phi) is 4.46. The van der Waals surface area contributed by atoms with Crippen molar-refractivity contribution < 1.29 is 9.53 Å². The largest absolute Gasteiger partial charge is 0.497 e. The molecule has 1 N–H and O–H groups in total. The van der Waals surface area contributed by atoms with Crippen LogP contribution in [0.3, 0.4) is 0 Å². The fourth-order valence-electron chi connectivity index (χ4n) is 3.11. The lowest BCUT2D eigenvalue weighted by Crippen LogP contribution is -2.15. The van der Waals surface area contributed by atoms with Crippen LogP contribution in [0.25, 0.3) is 21.8 Å². The van der Waals surface area contributed by atoms with Crippen molar-refractivity contribution in [3.8, 4) is 5.75 Å². The summed E-state index contributed by atoms with van der Waals surface area (Å²) in [5.41, 5.74) is 3.74. The zero-order valence-electron chi connectivity index (χ0n) is 15.3. The Bertz CT molecular complexity index is 1130. The number of fused-ring (bicyclic) bond motifs is 2. The first-order chi connectivity index (χ1) is 13.1. The fraction of sp³-hybridized carbons (Fsp3) is 0.190. The number of amides is 1. The van der Waals surface area contributed by atoms with Crippen LogP contribution < -0.4 is 10.1 Å². The van der Waals surface area contributed by atoms with Crippen molar-refractivity contribution in [1.29, 1.82) is 0 Å². The molecule has 0 aliphatic rings. The maximum absolute atomic E-state index is 12.3. The zero-order valence-corrected chi connectivity index (χ0v) is 15.3. The lowest BCUT2D eigenvalue weighted by Gasteiger charge is -2.08. The second-order valence-electron chi connectivity index (χ2n) is 6.51. The lowest BCUT2D eigenvalue weighted by molar-refractivity contribution is -0.116. The second-order valence-corrected chi connectivity index (χ2v) is 6.51. The molecule has 2 aromatic heterocycles. The summed E-state index contributed by atoms with van der Waals surface area (Å²) in [5, 5.41) is 9.33. The van der Waals surface area contributed by atoms with Crippen LogP contribution in [0.15, 0.2) is 54.9 Å². The maximum atomic E-state index is 12.3. The average molecular weight is 360 g/mol. The highest BCUT2D eigenvalue weighted by Crippen LogP contribution is 2.22. The Balaban J connectivity index is 1.43. The first kappa shape index (κ1) is 17.0. The van der Waals surface area contributed by atoms with Crippen LogP contribution in [0.1, 0.15) is 12.0 Å². The Morgan fingerprint density at radius 1 is 1.11 bits per heavy atom. The van der Waals surface area contributed by atoms with E-state index in [0.717, 1.165) is 27.6 Å². The number of ether oxygens (including phenoxy) is 1. The van der Waals surface area contributed by atoms with Gasteiger partial charge in [0.25, 0.3) is 0 Å². The minimum absolute atomic E-state index is 0.0691. The second kappa shape index (κ2) is 7.07. The van der Waals surface area contributed by atoms with Crippen molar-refractivity contribution in [2.45, 2.75) is 19.9 Å². The van der Waals surface area contributed by atoms with Crippen LogP contribution in [0.5, 0.6) is 5.75 Å². The van der Waals surface area contributed by atoms with E-state index in [1.165, 1.54) is 5.56 Å². The van der Waals surface area contributed by atoms with Crippen LogP contribution >= 0.6 is 0 Å². The van der Waals surface area contributed by atoms with Gasteiger partial charge in [-0.1, -0.05) is 11.6 Å². The molecular formula is C21H20N4O2. The molecule has 6 heteroatoms. The van der Waals surface area contributed by atoms with Crippen molar-refractivity contribution >= 4 is 33.4 Å². The van der Waals surface area contributed by atoms with Gasteiger partial charge < -0.3 is 10.1 Å². The molecule has 0 aliphatic heterocycles. The van der Waals surface area contributed by atoms with Crippen LogP contribution in [0.4, 0.5) is 5.69 Å². The summed E-state index contributed by atoms with van der Waals surface area (Å²) in [4.78, 5) is 16.7. The number of anilines is 1. The molecule has 2 heterocycles. The van der Waals surface area contributed by atoms with Crippen LogP contribution in [-0.2, 0) is 11.3 Å². The van der Waals surface area contributed by atoms with E-state index < -0.39 is 0 Å². The molecule has 6 nitrogen and oxygen atoms in total. The Hall–Kier alpha value is -3.41. The average Bonchev–Trinajstić information content (AvgIpc) is 3.08. The van der Waals surface area contributed by atoms with E-state index in [-0.39, 0.29) is 5.91 Å². The number of hydrogen-bond donors (Lipinski definition) is 1. The molecule has 0 bridgehead atoms. The van der Waals surface area contributed by atoms with Crippen LogP contribution in [-0.4, -0.2) is 27.8 Å². The smallest absolute Gasteiger partial charge is 0.226 e. The molecule has 0 radical (unpaired) electrons. The fourth-order valence-corrected chi connectivity index (χ4v) is 3.11. The van der Waals surface area contributed by atoms with E-state index in [4.69, 9.17) is 4.74 Å². The number of nitrogens with one attached hydrogen (secondary N) is 1. The number of methoxy groups -OCH3 is 1. The van der Waals surface area contributed by atoms with Crippen molar-refractivity contribution in [1.82, 2.24) is 14.8 Å². The highest BCUT2D eigenvalue weighted by Gasteiger charge is 2.08. The number of carbonyl (C=O) groups excluding carboxylic acids is 1. The molecule has 0 atom stereocenters. The molecule has 0 unspecified atom stereocenters. The maximum Gasteiger partial charge on any atom is 0.226 e. The SMILES string of the molecule is COc1ccc2cc(NC(=O)CCn3ncc4cc(C)ccc43)cnc2c1. The van der Waals surface area contributed by atoms with Crippen LogP contribution in [0.2, 0.25) is 0 Å². The topological polar surface area (TPSA) is 69.0 Å². The summed E-state index contributed by atoms with van der Waals surface area (Å²) in [7, 11) is 1.62. The number of aryl methyl sites for hydroxylation is 2. The molecular weight excluding hydrogens is 340 g/mol. The first-order valence-electron chi connectivity index (χ1n) is 8.78. The minimum Gasteiger partial charge on any atom is -0.497 e. The Labute approximate surface area is 156 Å². The predicted molar refractivity (Wildman–Crippen MR) is 106 cm³/mol. The van der Waals surface area contributed by atoms with Gasteiger partial charge in [0.15, 0.2) is 0 Å². The molecule has 2 aromatic carbocycles. The summed E-state index contributed by atoms with van der Waals surface area (Å²) in [5.74, 6) is 0.689. The first-order valence-corrected chi connectivity index (χ1v) is 8.78.